The third kappa shape index (κ3) is 2.64. The molecule has 0 saturated heterocycles. The zero-order valence-corrected chi connectivity index (χ0v) is 12.2. The molecule has 0 fully saturated rings. The maximum Gasteiger partial charge on any atom is 0.124 e. The molecule has 0 aliphatic carbocycles. The second-order valence-corrected chi connectivity index (χ2v) is 5.38. The molecule has 108 valence electrons. The van der Waals surface area contributed by atoms with E-state index in [9.17, 15) is 9.50 Å². The number of nitrogens with zero attached hydrogens (tertiary/aromatic N) is 2. The third-order valence-electron chi connectivity index (χ3n) is 3.54. The number of fused-ring (bicyclic) bond motifs is 1. The van der Waals surface area contributed by atoms with Gasteiger partial charge in [0.25, 0.3) is 0 Å². The van der Waals surface area contributed by atoms with E-state index in [-0.39, 0.29) is 5.02 Å². The van der Waals surface area contributed by atoms with Crippen molar-refractivity contribution in [2.45, 2.75) is 12.5 Å². The van der Waals surface area contributed by atoms with Crippen molar-refractivity contribution in [3.05, 3.63) is 64.6 Å². The third-order valence-corrected chi connectivity index (χ3v) is 3.87. The fourth-order valence-corrected chi connectivity index (χ4v) is 2.80. The minimum absolute atomic E-state index is 0.225. The molecule has 21 heavy (non-hydrogen) atoms. The lowest BCUT2D eigenvalue weighted by Gasteiger charge is -2.11. The lowest BCUT2D eigenvalue weighted by molar-refractivity contribution is 0.177. The van der Waals surface area contributed by atoms with Gasteiger partial charge in [0.1, 0.15) is 5.82 Å². The van der Waals surface area contributed by atoms with Gasteiger partial charge in [-0.3, -0.25) is 4.68 Å². The number of halogens is 2. The van der Waals surface area contributed by atoms with Gasteiger partial charge in [-0.05, 0) is 23.8 Å². The molecular formula is C16H14ClFN2O. The predicted octanol–water partition coefficient (Wildman–Crippen LogP) is 3.64. The van der Waals surface area contributed by atoms with E-state index >= 15 is 0 Å². The van der Waals surface area contributed by atoms with Crippen molar-refractivity contribution in [2.75, 3.05) is 0 Å². The Morgan fingerprint density at radius 3 is 2.81 bits per heavy atom. The first-order valence-electron chi connectivity index (χ1n) is 6.60. The van der Waals surface area contributed by atoms with Crippen LogP contribution < -0.4 is 0 Å². The number of hydrogen-bond acceptors (Lipinski definition) is 2. The number of aryl methyl sites for hydroxylation is 1. The Kier molecular flexibility index (Phi) is 3.66. The molecule has 1 unspecified atom stereocenters. The van der Waals surface area contributed by atoms with Crippen molar-refractivity contribution in [3.8, 4) is 0 Å². The molecule has 5 heteroatoms. The molecular weight excluding hydrogens is 291 g/mol. The SMILES string of the molecule is Cn1nc(CC(O)c2ccc(F)cc2Cl)c2ccccc21. The van der Waals surface area contributed by atoms with Gasteiger partial charge in [-0.15, -0.1) is 0 Å². The van der Waals surface area contributed by atoms with Gasteiger partial charge in [-0.1, -0.05) is 35.9 Å². The van der Waals surface area contributed by atoms with Gasteiger partial charge in [-0.25, -0.2) is 4.39 Å². The summed E-state index contributed by atoms with van der Waals surface area (Å²) in [4.78, 5) is 0. The van der Waals surface area contributed by atoms with Gasteiger partial charge in [-0.2, -0.15) is 5.10 Å². The molecule has 0 aliphatic rings. The summed E-state index contributed by atoms with van der Waals surface area (Å²) in [6, 6.07) is 11.8. The molecule has 1 atom stereocenters. The number of rotatable bonds is 3. The maximum atomic E-state index is 13.1. The highest BCUT2D eigenvalue weighted by Crippen LogP contribution is 2.28. The average molecular weight is 305 g/mol. The number of aromatic nitrogens is 2. The molecule has 3 rings (SSSR count). The van der Waals surface area contributed by atoms with Crippen LogP contribution in [0, 0.1) is 5.82 Å². The Labute approximate surface area is 126 Å². The van der Waals surface area contributed by atoms with E-state index in [0.29, 0.717) is 12.0 Å². The van der Waals surface area contributed by atoms with Crippen LogP contribution in [0.25, 0.3) is 10.9 Å². The van der Waals surface area contributed by atoms with Crippen LogP contribution in [0.2, 0.25) is 5.02 Å². The molecule has 3 aromatic rings. The van der Waals surface area contributed by atoms with Crippen LogP contribution in [0.5, 0.6) is 0 Å². The largest absolute Gasteiger partial charge is 0.388 e. The van der Waals surface area contributed by atoms with Crippen LogP contribution in [-0.4, -0.2) is 14.9 Å². The van der Waals surface area contributed by atoms with Crippen molar-refractivity contribution >= 4 is 22.5 Å². The monoisotopic (exact) mass is 304 g/mol. The fourth-order valence-electron chi connectivity index (χ4n) is 2.50. The topological polar surface area (TPSA) is 38.0 Å². The number of benzene rings is 2. The van der Waals surface area contributed by atoms with Crippen LogP contribution in [0.15, 0.2) is 42.5 Å². The number of hydrogen-bond donors (Lipinski definition) is 1. The summed E-state index contributed by atoms with van der Waals surface area (Å²) in [6.45, 7) is 0. The highest BCUT2D eigenvalue weighted by atomic mass is 35.5. The molecule has 1 heterocycles. The van der Waals surface area contributed by atoms with E-state index in [1.165, 1.54) is 18.2 Å². The van der Waals surface area contributed by atoms with E-state index in [1.54, 1.807) is 4.68 Å². The first-order valence-corrected chi connectivity index (χ1v) is 6.97. The summed E-state index contributed by atoms with van der Waals surface area (Å²) >= 11 is 5.99. The zero-order valence-electron chi connectivity index (χ0n) is 11.4. The van der Waals surface area contributed by atoms with Gasteiger partial charge >= 0.3 is 0 Å². The second-order valence-electron chi connectivity index (χ2n) is 4.97. The molecule has 3 nitrogen and oxygen atoms in total. The van der Waals surface area contributed by atoms with Crippen molar-refractivity contribution in [1.29, 1.82) is 0 Å². The molecule has 0 saturated carbocycles. The van der Waals surface area contributed by atoms with E-state index < -0.39 is 11.9 Å². The number of aliphatic hydroxyl groups is 1. The fraction of sp³-hybridized carbons (Fsp3) is 0.188. The van der Waals surface area contributed by atoms with E-state index in [1.807, 2.05) is 31.3 Å². The van der Waals surface area contributed by atoms with Gasteiger partial charge in [0.05, 0.1) is 17.3 Å². The van der Waals surface area contributed by atoms with Crippen molar-refractivity contribution < 1.29 is 9.50 Å². The summed E-state index contributed by atoms with van der Waals surface area (Å²) in [7, 11) is 1.86. The van der Waals surface area contributed by atoms with Gasteiger partial charge < -0.3 is 5.11 Å². The summed E-state index contributed by atoms with van der Waals surface area (Å²) in [5, 5.41) is 16.0. The quantitative estimate of drug-likeness (QED) is 0.802. The van der Waals surface area contributed by atoms with Crippen molar-refractivity contribution in [1.82, 2.24) is 9.78 Å². The molecule has 1 aromatic heterocycles. The molecule has 0 spiro atoms. The highest BCUT2D eigenvalue weighted by Gasteiger charge is 2.17. The van der Waals surface area contributed by atoms with Crippen LogP contribution in [-0.2, 0) is 13.5 Å². The van der Waals surface area contributed by atoms with Gasteiger partial charge in [0.15, 0.2) is 0 Å². The van der Waals surface area contributed by atoms with Crippen molar-refractivity contribution in [3.63, 3.8) is 0 Å². The average Bonchev–Trinajstić information content (AvgIpc) is 2.76. The summed E-state index contributed by atoms with van der Waals surface area (Å²) < 4.78 is 14.8. The van der Waals surface area contributed by atoms with Crippen LogP contribution in [0.4, 0.5) is 4.39 Å². The first-order chi connectivity index (χ1) is 10.1. The molecule has 0 bridgehead atoms. The van der Waals surface area contributed by atoms with Gasteiger partial charge in [0.2, 0.25) is 0 Å². The Bertz CT molecular complexity index is 800. The molecule has 0 aliphatic heterocycles. The Morgan fingerprint density at radius 2 is 2.05 bits per heavy atom. The zero-order chi connectivity index (χ0) is 15.0. The Morgan fingerprint density at radius 1 is 1.29 bits per heavy atom. The number of para-hydroxylation sites is 1. The van der Waals surface area contributed by atoms with Gasteiger partial charge in [0, 0.05) is 23.9 Å². The highest BCUT2D eigenvalue weighted by molar-refractivity contribution is 6.31. The summed E-state index contributed by atoms with van der Waals surface area (Å²) in [6.07, 6.45) is -0.497. The Balaban J connectivity index is 1.94. The smallest absolute Gasteiger partial charge is 0.124 e. The normalized spacial score (nSPS) is 12.8. The predicted molar refractivity (Wildman–Crippen MR) is 80.8 cm³/mol. The van der Waals surface area contributed by atoms with Crippen LogP contribution >= 0.6 is 11.6 Å². The molecule has 2 aromatic carbocycles. The van der Waals surface area contributed by atoms with E-state index in [4.69, 9.17) is 11.6 Å². The van der Waals surface area contributed by atoms with E-state index in [0.717, 1.165) is 16.6 Å². The summed E-state index contributed by atoms with van der Waals surface area (Å²) in [5.74, 6) is -0.417. The summed E-state index contributed by atoms with van der Waals surface area (Å²) in [5.41, 5.74) is 2.30. The van der Waals surface area contributed by atoms with Crippen LogP contribution in [0.3, 0.4) is 0 Å². The minimum atomic E-state index is -0.823. The van der Waals surface area contributed by atoms with E-state index in [2.05, 4.69) is 5.10 Å². The molecule has 0 amide bonds. The standard InChI is InChI=1S/C16H14ClFN2O/c1-20-15-5-3-2-4-12(15)14(19-20)9-16(21)11-7-6-10(18)8-13(11)17/h2-8,16,21H,9H2,1H3. The minimum Gasteiger partial charge on any atom is -0.388 e. The molecule has 1 N–H and O–H groups in total. The van der Waals surface area contributed by atoms with Crippen molar-refractivity contribution in [2.24, 2.45) is 7.05 Å². The molecule has 0 radical (unpaired) electrons. The lowest BCUT2D eigenvalue weighted by atomic mass is 10.0. The Hall–Kier alpha value is -1.91. The lowest BCUT2D eigenvalue weighted by Crippen LogP contribution is -2.04. The first kappa shape index (κ1) is 14.0. The maximum absolute atomic E-state index is 13.1. The second kappa shape index (κ2) is 5.47. The van der Waals surface area contributed by atoms with Crippen LogP contribution in [0.1, 0.15) is 17.4 Å². The number of aliphatic hydroxyl groups excluding tert-OH is 1.